The van der Waals surface area contributed by atoms with Crippen LogP contribution >= 0.6 is 11.6 Å². The van der Waals surface area contributed by atoms with Gasteiger partial charge in [0.05, 0.1) is 6.04 Å². The molecule has 138 valence electrons. The standard InChI is InChI=1S/C20H23ClN2O3/c1-22-9-11-23(12-10-22)20(15-5-7-17(21)8-6-15)16-3-2-4-18(13-16)26-14-19(24)25/h2-8,13,20H,9-12,14H2,1H3,(H,24,25). The van der Waals surface area contributed by atoms with Gasteiger partial charge in [-0.2, -0.15) is 0 Å². The highest BCUT2D eigenvalue weighted by molar-refractivity contribution is 6.30. The molecule has 0 aromatic heterocycles. The lowest BCUT2D eigenvalue weighted by atomic mass is 9.96. The molecular formula is C20H23ClN2O3. The molecular weight excluding hydrogens is 352 g/mol. The van der Waals surface area contributed by atoms with Crippen LogP contribution in [0.2, 0.25) is 5.02 Å². The number of carboxylic acids is 1. The van der Waals surface area contributed by atoms with Gasteiger partial charge in [-0.3, -0.25) is 4.90 Å². The van der Waals surface area contributed by atoms with Gasteiger partial charge in [0.2, 0.25) is 0 Å². The zero-order chi connectivity index (χ0) is 18.5. The molecule has 0 bridgehead atoms. The average molecular weight is 375 g/mol. The summed E-state index contributed by atoms with van der Waals surface area (Å²) in [4.78, 5) is 15.5. The van der Waals surface area contributed by atoms with Crippen LogP contribution in [-0.2, 0) is 4.79 Å². The molecule has 1 aliphatic heterocycles. The van der Waals surface area contributed by atoms with Crippen LogP contribution in [0.25, 0.3) is 0 Å². The predicted molar refractivity (Wildman–Crippen MR) is 102 cm³/mol. The molecule has 2 aromatic carbocycles. The lowest BCUT2D eigenvalue weighted by Gasteiger charge is -2.38. The summed E-state index contributed by atoms with van der Waals surface area (Å²) in [6.45, 7) is 3.61. The fourth-order valence-electron chi connectivity index (χ4n) is 3.26. The maximum Gasteiger partial charge on any atom is 0.341 e. The molecule has 6 heteroatoms. The number of ether oxygens (including phenoxy) is 1. The van der Waals surface area contributed by atoms with Gasteiger partial charge >= 0.3 is 5.97 Å². The minimum Gasteiger partial charge on any atom is -0.482 e. The number of aliphatic carboxylic acids is 1. The number of carboxylic acid groups (broad SMARTS) is 1. The fourth-order valence-corrected chi connectivity index (χ4v) is 3.38. The van der Waals surface area contributed by atoms with Crippen molar-refractivity contribution in [3.05, 3.63) is 64.7 Å². The third-order valence-electron chi connectivity index (χ3n) is 4.62. The Labute approximate surface area is 158 Å². The van der Waals surface area contributed by atoms with Crippen molar-refractivity contribution in [2.24, 2.45) is 0 Å². The Kier molecular flexibility index (Phi) is 6.14. The maximum absolute atomic E-state index is 10.8. The molecule has 1 fully saturated rings. The van der Waals surface area contributed by atoms with Crippen LogP contribution in [0, 0.1) is 0 Å². The first-order chi connectivity index (χ1) is 12.5. The molecule has 1 atom stereocenters. The smallest absolute Gasteiger partial charge is 0.341 e. The number of piperazine rings is 1. The zero-order valence-corrected chi connectivity index (χ0v) is 15.5. The molecule has 2 aromatic rings. The van der Waals surface area contributed by atoms with Crippen LogP contribution in [0.4, 0.5) is 0 Å². The number of hydrogen-bond acceptors (Lipinski definition) is 4. The van der Waals surface area contributed by atoms with Crippen LogP contribution in [0.5, 0.6) is 5.75 Å². The van der Waals surface area contributed by atoms with Gasteiger partial charge in [-0.25, -0.2) is 4.79 Å². The Morgan fingerprint density at radius 3 is 2.46 bits per heavy atom. The Bertz CT molecular complexity index is 743. The number of likely N-dealkylation sites (N-methyl/N-ethyl adjacent to an activating group) is 1. The van der Waals surface area contributed by atoms with E-state index in [1.807, 2.05) is 24.3 Å². The second kappa shape index (κ2) is 8.54. The molecule has 1 N–H and O–H groups in total. The fraction of sp³-hybridized carbons (Fsp3) is 0.350. The summed E-state index contributed by atoms with van der Waals surface area (Å²) >= 11 is 6.07. The Morgan fingerprint density at radius 1 is 1.12 bits per heavy atom. The highest BCUT2D eigenvalue weighted by Gasteiger charge is 2.25. The predicted octanol–water partition coefficient (Wildman–Crippen LogP) is 3.14. The van der Waals surface area contributed by atoms with E-state index in [4.69, 9.17) is 21.4 Å². The quantitative estimate of drug-likeness (QED) is 0.841. The van der Waals surface area contributed by atoms with Gasteiger partial charge in [0.1, 0.15) is 5.75 Å². The molecule has 0 spiro atoms. The number of carbonyl (C=O) groups is 1. The third kappa shape index (κ3) is 4.75. The number of nitrogens with zero attached hydrogens (tertiary/aromatic N) is 2. The average Bonchev–Trinajstić information content (AvgIpc) is 2.64. The molecule has 1 unspecified atom stereocenters. The number of halogens is 1. The zero-order valence-electron chi connectivity index (χ0n) is 14.8. The molecule has 0 saturated carbocycles. The normalized spacial score (nSPS) is 17.0. The summed E-state index contributed by atoms with van der Waals surface area (Å²) < 4.78 is 5.37. The van der Waals surface area contributed by atoms with E-state index in [1.54, 1.807) is 6.07 Å². The van der Waals surface area contributed by atoms with Gasteiger partial charge in [0.15, 0.2) is 6.61 Å². The van der Waals surface area contributed by atoms with Gasteiger partial charge in [-0.15, -0.1) is 0 Å². The molecule has 1 saturated heterocycles. The van der Waals surface area contributed by atoms with Gasteiger partial charge in [-0.05, 0) is 42.4 Å². The summed E-state index contributed by atoms with van der Waals surface area (Å²) in [6.07, 6.45) is 0. The first-order valence-corrected chi connectivity index (χ1v) is 9.03. The topological polar surface area (TPSA) is 53.0 Å². The van der Waals surface area contributed by atoms with E-state index in [2.05, 4.69) is 35.0 Å². The lowest BCUT2D eigenvalue weighted by molar-refractivity contribution is -0.139. The van der Waals surface area contributed by atoms with E-state index in [-0.39, 0.29) is 12.6 Å². The van der Waals surface area contributed by atoms with E-state index < -0.39 is 5.97 Å². The van der Waals surface area contributed by atoms with Gasteiger partial charge < -0.3 is 14.7 Å². The van der Waals surface area contributed by atoms with Crippen molar-refractivity contribution in [1.29, 1.82) is 0 Å². The largest absolute Gasteiger partial charge is 0.482 e. The number of hydrogen-bond donors (Lipinski definition) is 1. The van der Waals surface area contributed by atoms with E-state index in [9.17, 15) is 4.79 Å². The highest BCUT2D eigenvalue weighted by Crippen LogP contribution is 2.32. The van der Waals surface area contributed by atoms with Crippen molar-refractivity contribution in [1.82, 2.24) is 9.80 Å². The van der Waals surface area contributed by atoms with Crippen LogP contribution in [0.1, 0.15) is 17.2 Å². The van der Waals surface area contributed by atoms with Crippen LogP contribution in [0.15, 0.2) is 48.5 Å². The van der Waals surface area contributed by atoms with E-state index >= 15 is 0 Å². The summed E-state index contributed by atoms with van der Waals surface area (Å²) in [5.74, 6) is -0.415. The summed E-state index contributed by atoms with van der Waals surface area (Å²) in [5.41, 5.74) is 2.24. The van der Waals surface area contributed by atoms with Gasteiger partial charge in [-0.1, -0.05) is 35.9 Å². The summed E-state index contributed by atoms with van der Waals surface area (Å²) in [5, 5.41) is 9.55. The van der Waals surface area contributed by atoms with Crippen LogP contribution in [-0.4, -0.2) is 60.7 Å². The second-order valence-corrected chi connectivity index (χ2v) is 6.98. The number of rotatable bonds is 6. The molecule has 26 heavy (non-hydrogen) atoms. The molecule has 3 rings (SSSR count). The maximum atomic E-state index is 10.8. The molecule has 0 aliphatic carbocycles. The van der Waals surface area contributed by atoms with Crippen LogP contribution in [0.3, 0.4) is 0 Å². The third-order valence-corrected chi connectivity index (χ3v) is 4.88. The minimum absolute atomic E-state index is 0.0781. The van der Waals surface area contributed by atoms with Crippen molar-refractivity contribution in [2.45, 2.75) is 6.04 Å². The summed E-state index contributed by atoms with van der Waals surface area (Å²) in [6, 6.07) is 15.7. The Hall–Kier alpha value is -2.08. The van der Waals surface area contributed by atoms with Crippen molar-refractivity contribution < 1.29 is 14.6 Å². The Balaban J connectivity index is 1.91. The molecule has 0 radical (unpaired) electrons. The monoisotopic (exact) mass is 374 g/mol. The minimum atomic E-state index is -0.983. The van der Waals surface area contributed by atoms with E-state index in [0.717, 1.165) is 37.3 Å². The highest BCUT2D eigenvalue weighted by atomic mass is 35.5. The van der Waals surface area contributed by atoms with Crippen molar-refractivity contribution in [2.75, 3.05) is 39.8 Å². The molecule has 1 heterocycles. The van der Waals surface area contributed by atoms with Crippen LogP contribution < -0.4 is 4.74 Å². The molecule has 5 nitrogen and oxygen atoms in total. The van der Waals surface area contributed by atoms with Crippen molar-refractivity contribution in [3.63, 3.8) is 0 Å². The van der Waals surface area contributed by atoms with E-state index in [0.29, 0.717) is 10.8 Å². The van der Waals surface area contributed by atoms with Gasteiger partial charge in [0.25, 0.3) is 0 Å². The first kappa shape index (κ1) is 18.7. The summed E-state index contributed by atoms with van der Waals surface area (Å²) in [7, 11) is 2.13. The van der Waals surface area contributed by atoms with Crippen molar-refractivity contribution >= 4 is 17.6 Å². The second-order valence-electron chi connectivity index (χ2n) is 6.55. The first-order valence-electron chi connectivity index (χ1n) is 8.65. The van der Waals surface area contributed by atoms with E-state index in [1.165, 1.54) is 0 Å². The molecule has 0 amide bonds. The Morgan fingerprint density at radius 2 is 1.81 bits per heavy atom. The molecule has 1 aliphatic rings. The lowest BCUT2D eigenvalue weighted by Crippen LogP contribution is -2.46. The van der Waals surface area contributed by atoms with Gasteiger partial charge in [0, 0.05) is 31.2 Å². The van der Waals surface area contributed by atoms with Crippen molar-refractivity contribution in [3.8, 4) is 5.75 Å². The number of benzene rings is 2. The SMILES string of the molecule is CN1CCN(C(c2ccc(Cl)cc2)c2cccc(OCC(=O)O)c2)CC1.